The highest BCUT2D eigenvalue weighted by Crippen LogP contribution is 2.27. The average molecular weight is 495 g/mol. The van der Waals surface area contributed by atoms with Crippen molar-refractivity contribution in [3.05, 3.63) is 59.5 Å². The molecule has 1 aromatic heterocycles. The summed E-state index contributed by atoms with van der Waals surface area (Å²) < 4.78 is 44.0. The van der Waals surface area contributed by atoms with Crippen LogP contribution in [0, 0.1) is 11.3 Å². The molecule has 1 unspecified atom stereocenters. The number of rotatable bonds is 8. The molecule has 0 radical (unpaired) electrons. The van der Waals surface area contributed by atoms with Gasteiger partial charge in [0.25, 0.3) is 0 Å². The molecule has 0 aliphatic heterocycles. The zero-order valence-corrected chi connectivity index (χ0v) is 18.4. The van der Waals surface area contributed by atoms with Crippen LogP contribution >= 0.6 is 23.3 Å². The van der Waals surface area contributed by atoms with E-state index in [1.54, 1.807) is 0 Å². The molecule has 0 saturated heterocycles. The predicted molar refractivity (Wildman–Crippen MR) is 119 cm³/mol. The Balaban J connectivity index is 1.62. The van der Waals surface area contributed by atoms with Gasteiger partial charge in [0.2, 0.25) is 5.91 Å². The van der Waals surface area contributed by atoms with Crippen LogP contribution in [0.2, 0.25) is 0 Å². The van der Waals surface area contributed by atoms with Crippen LogP contribution in [0.15, 0.2) is 58.8 Å². The van der Waals surface area contributed by atoms with Gasteiger partial charge in [-0.1, -0.05) is 18.2 Å². The highest BCUT2D eigenvalue weighted by atomic mass is 32.2. The second kappa shape index (κ2) is 10.9. The highest BCUT2D eigenvalue weighted by molar-refractivity contribution is 7.98. The van der Waals surface area contributed by atoms with Crippen LogP contribution in [0.1, 0.15) is 5.56 Å². The second-order valence-electron chi connectivity index (χ2n) is 6.59. The van der Waals surface area contributed by atoms with Crippen molar-refractivity contribution < 1.29 is 27.5 Å². The molecule has 12 heteroatoms. The normalized spacial score (nSPS) is 11.9. The molecule has 1 atom stereocenters. The van der Waals surface area contributed by atoms with Gasteiger partial charge in [-0.25, -0.2) is 4.79 Å². The van der Waals surface area contributed by atoms with Crippen LogP contribution in [0.5, 0.6) is 5.75 Å². The number of amides is 3. The third kappa shape index (κ3) is 7.30. The standard InChI is InChI=1S/C21H17F3N4O3S2/c22-21(23,24)31-14-5-7-15(8-6-14)33-28-20(30)27-17(19(29)26-10-9-25)11-13-12-32-18-4-2-1-3-16(13)18/h1-8,12,17H,10-11H2,(H,26,29)(H2,27,28,30). The number of hydrogen-bond donors (Lipinski definition) is 3. The Morgan fingerprint density at radius 1 is 1.15 bits per heavy atom. The van der Waals surface area contributed by atoms with Gasteiger partial charge < -0.3 is 15.4 Å². The summed E-state index contributed by atoms with van der Waals surface area (Å²) in [6.45, 7) is -0.204. The fourth-order valence-corrected chi connectivity index (χ4v) is 4.39. The number of nitrogens with zero attached hydrogens (tertiary/aromatic N) is 1. The molecule has 33 heavy (non-hydrogen) atoms. The number of alkyl halides is 3. The van der Waals surface area contributed by atoms with E-state index in [4.69, 9.17) is 5.26 Å². The topological polar surface area (TPSA) is 103 Å². The first kappa shape index (κ1) is 24.2. The molecular formula is C21H17F3N4O3S2. The van der Waals surface area contributed by atoms with Gasteiger partial charge in [0.15, 0.2) is 0 Å². The van der Waals surface area contributed by atoms with E-state index < -0.39 is 24.3 Å². The second-order valence-corrected chi connectivity index (χ2v) is 8.38. The molecular weight excluding hydrogens is 477 g/mol. The highest BCUT2D eigenvalue weighted by Gasteiger charge is 2.31. The maximum absolute atomic E-state index is 12.5. The number of nitriles is 1. The minimum Gasteiger partial charge on any atom is -0.406 e. The largest absolute Gasteiger partial charge is 0.573 e. The Labute approximate surface area is 195 Å². The number of carbonyl (C=O) groups is 2. The average Bonchev–Trinajstić information content (AvgIpc) is 3.18. The third-order valence-electron chi connectivity index (χ3n) is 4.27. The molecule has 172 valence electrons. The van der Waals surface area contributed by atoms with Crippen molar-refractivity contribution in [3.63, 3.8) is 0 Å². The van der Waals surface area contributed by atoms with Crippen LogP contribution in [0.4, 0.5) is 18.0 Å². The summed E-state index contributed by atoms with van der Waals surface area (Å²) in [4.78, 5) is 25.4. The number of carbonyl (C=O) groups excluding carboxylic acids is 2. The van der Waals surface area contributed by atoms with E-state index in [1.165, 1.54) is 23.5 Å². The molecule has 2 aromatic carbocycles. The zero-order chi connectivity index (χ0) is 23.8. The third-order valence-corrected chi connectivity index (χ3v) is 6.08. The van der Waals surface area contributed by atoms with E-state index in [2.05, 4.69) is 20.1 Å². The van der Waals surface area contributed by atoms with Crippen molar-refractivity contribution in [1.29, 1.82) is 5.26 Å². The lowest BCUT2D eigenvalue weighted by Gasteiger charge is -2.18. The molecule has 0 aliphatic rings. The Hall–Kier alpha value is -3.43. The van der Waals surface area contributed by atoms with E-state index in [1.807, 2.05) is 35.7 Å². The summed E-state index contributed by atoms with van der Waals surface area (Å²) in [6, 6.07) is 12.8. The zero-order valence-electron chi connectivity index (χ0n) is 16.8. The number of ether oxygens (including phenoxy) is 1. The lowest BCUT2D eigenvalue weighted by atomic mass is 10.0. The molecule has 1 heterocycles. The number of nitrogens with one attached hydrogen (secondary N) is 3. The maximum atomic E-state index is 12.5. The summed E-state index contributed by atoms with van der Waals surface area (Å²) in [7, 11) is 0. The molecule has 0 aliphatic carbocycles. The maximum Gasteiger partial charge on any atom is 0.573 e. The van der Waals surface area contributed by atoms with E-state index >= 15 is 0 Å². The number of benzene rings is 2. The van der Waals surface area contributed by atoms with Crippen LogP contribution in [-0.2, 0) is 11.2 Å². The Morgan fingerprint density at radius 3 is 2.58 bits per heavy atom. The van der Waals surface area contributed by atoms with Gasteiger partial charge in [0, 0.05) is 16.0 Å². The number of halogens is 3. The fourth-order valence-electron chi connectivity index (χ4n) is 2.87. The minimum atomic E-state index is -4.79. The monoisotopic (exact) mass is 494 g/mol. The Kier molecular flexibility index (Phi) is 8.02. The molecule has 3 rings (SSSR count). The first-order valence-electron chi connectivity index (χ1n) is 9.44. The lowest BCUT2D eigenvalue weighted by Crippen LogP contribution is -2.50. The molecule has 7 nitrogen and oxygen atoms in total. The Bertz CT molecular complexity index is 1160. The van der Waals surface area contributed by atoms with Crippen LogP contribution in [-0.4, -0.2) is 30.9 Å². The molecule has 3 aromatic rings. The van der Waals surface area contributed by atoms with Gasteiger partial charge in [0.1, 0.15) is 18.3 Å². The fraction of sp³-hybridized carbons (Fsp3) is 0.190. The summed E-state index contributed by atoms with van der Waals surface area (Å²) in [5, 5.41) is 16.6. The molecule has 0 spiro atoms. The van der Waals surface area contributed by atoms with E-state index in [0.717, 1.165) is 39.7 Å². The van der Waals surface area contributed by atoms with Crippen LogP contribution < -0.4 is 20.1 Å². The van der Waals surface area contributed by atoms with Crippen molar-refractivity contribution in [2.45, 2.75) is 23.7 Å². The van der Waals surface area contributed by atoms with Gasteiger partial charge in [-0.2, -0.15) is 5.26 Å². The van der Waals surface area contributed by atoms with Gasteiger partial charge in [-0.05, 0) is 58.6 Å². The van der Waals surface area contributed by atoms with E-state index in [9.17, 15) is 22.8 Å². The van der Waals surface area contributed by atoms with Gasteiger partial charge in [0.05, 0.1) is 6.07 Å². The lowest BCUT2D eigenvalue weighted by molar-refractivity contribution is -0.274. The minimum absolute atomic E-state index is 0.204. The van der Waals surface area contributed by atoms with Gasteiger partial charge in [-0.3, -0.25) is 9.52 Å². The number of fused-ring (bicyclic) bond motifs is 1. The summed E-state index contributed by atoms with van der Waals surface area (Å²) in [5.41, 5.74) is 0.876. The summed E-state index contributed by atoms with van der Waals surface area (Å²) in [5.74, 6) is -0.894. The molecule has 3 amide bonds. The SMILES string of the molecule is N#CCNC(=O)C(Cc1csc2ccccc12)NC(=O)NSc1ccc(OC(F)(F)F)cc1. The van der Waals surface area contributed by atoms with Gasteiger partial charge >= 0.3 is 12.4 Å². The quantitative estimate of drug-likeness (QED) is 0.319. The first-order chi connectivity index (χ1) is 15.7. The molecule has 0 bridgehead atoms. The van der Waals surface area contributed by atoms with Crippen molar-refractivity contribution in [2.24, 2.45) is 0 Å². The summed E-state index contributed by atoms with van der Waals surface area (Å²) in [6.07, 6.45) is -4.58. The van der Waals surface area contributed by atoms with E-state index in [0.29, 0.717) is 4.90 Å². The number of hydrogen-bond acceptors (Lipinski definition) is 6. The molecule has 3 N–H and O–H groups in total. The van der Waals surface area contributed by atoms with Crippen molar-refractivity contribution >= 4 is 45.3 Å². The molecule has 0 saturated carbocycles. The summed E-state index contributed by atoms with van der Waals surface area (Å²) >= 11 is 2.38. The van der Waals surface area contributed by atoms with E-state index in [-0.39, 0.29) is 18.7 Å². The Morgan fingerprint density at radius 2 is 1.88 bits per heavy atom. The van der Waals surface area contributed by atoms with Crippen molar-refractivity contribution in [2.75, 3.05) is 6.54 Å². The number of urea groups is 1. The predicted octanol–water partition coefficient (Wildman–Crippen LogP) is 4.36. The number of thiophene rings is 1. The van der Waals surface area contributed by atoms with Crippen molar-refractivity contribution in [3.8, 4) is 11.8 Å². The first-order valence-corrected chi connectivity index (χ1v) is 11.1. The molecule has 0 fully saturated rings. The van der Waals surface area contributed by atoms with Crippen molar-refractivity contribution in [1.82, 2.24) is 15.4 Å². The smallest absolute Gasteiger partial charge is 0.406 e. The van der Waals surface area contributed by atoms with Gasteiger partial charge in [-0.15, -0.1) is 24.5 Å². The van der Waals surface area contributed by atoms with Crippen LogP contribution in [0.25, 0.3) is 10.1 Å². The van der Waals surface area contributed by atoms with Crippen LogP contribution in [0.3, 0.4) is 0 Å².